The first-order valence-corrected chi connectivity index (χ1v) is 15.0. The summed E-state index contributed by atoms with van der Waals surface area (Å²) in [5.41, 5.74) is 2.60. The predicted molar refractivity (Wildman–Crippen MR) is 160 cm³/mol. The van der Waals surface area contributed by atoms with Gasteiger partial charge in [-0.3, -0.25) is 19.3 Å². The number of aliphatic hydroxyl groups is 1. The Bertz CT molecular complexity index is 1240. The van der Waals surface area contributed by atoms with E-state index < -0.39 is 17.9 Å². The molecule has 0 spiro atoms. The molecule has 2 saturated heterocycles. The van der Waals surface area contributed by atoms with Gasteiger partial charge in [-0.1, -0.05) is 43.3 Å². The van der Waals surface area contributed by atoms with Gasteiger partial charge in [-0.25, -0.2) is 0 Å². The minimum absolute atomic E-state index is 0.0412. The molecule has 1 amide bonds. The van der Waals surface area contributed by atoms with Crippen molar-refractivity contribution in [1.82, 2.24) is 4.90 Å². The van der Waals surface area contributed by atoms with Crippen LogP contribution in [-0.4, -0.2) is 63.8 Å². The van der Waals surface area contributed by atoms with Gasteiger partial charge in [0.1, 0.15) is 11.6 Å². The number of rotatable bonds is 11. The third kappa shape index (κ3) is 9.09. The maximum atomic E-state index is 13.0. The number of nitrogens with one attached hydrogen (secondary N) is 1. The molecule has 0 radical (unpaired) electrons. The van der Waals surface area contributed by atoms with Crippen LogP contribution in [0.1, 0.15) is 88.9 Å². The van der Waals surface area contributed by atoms with Gasteiger partial charge in [0.15, 0.2) is 6.29 Å². The van der Waals surface area contributed by atoms with Gasteiger partial charge in [0.25, 0.3) is 0 Å². The van der Waals surface area contributed by atoms with Crippen molar-refractivity contribution in [3.63, 3.8) is 0 Å². The predicted octanol–water partition coefficient (Wildman–Crippen LogP) is 4.97. The lowest BCUT2D eigenvalue weighted by molar-refractivity contribution is -0.276. The number of likely N-dealkylation sites (tertiary alicyclic amines) is 1. The normalized spacial score (nSPS) is 24.4. The Morgan fingerprint density at radius 2 is 1.67 bits per heavy atom. The number of carbonyl (C=O) groups excluding carboxylic acids is 2. The molecular formula is C33H44N2O8. The van der Waals surface area contributed by atoms with Crippen molar-refractivity contribution in [2.75, 3.05) is 18.4 Å². The number of aliphatic hydroxyl groups excluding tert-OH is 1. The lowest BCUT2D eigenvalue weighted by Gasteiger charge is -2.43. The SMILES string of the molecule is C[C@@H]1[C@H](CN2CCC[C@H]2C(=O)OC(C)(C)C)O[C@H](c2ccc(NC(=O)CCCC(=O)O)cc2)O[C@@H]1c1ccc(CO)cc1. The number of aliphatic carboxylic acids is 1. The van der Waals surface area contributed by atoms with Crippen LogP contribution >= 0.6 is 0 Å². The summed E-state index contributed by atoms with van der Waals surface area (Å²) in [5, 5.41) is 21.1. The molecule has 0 aliphatic carbocycles. The highest BCUT2D eigenvalue weighted by atomic mass is 16.7. The van der Waals surface area contributed by atoms with Crippen molar-refractivity contribution in [2.24, 2.45) is 5.92 Å². The average Bonchev–Trinajstić information content (AvgIpc) is 3.42. The number of nitrogens with zero attached hydrogens (tertiary/aromatic N) is 1. The number of carboxylic acids is 1. The van der Waals surface area contributed by atoms with Gasteiger partial charge in [-0.2, -0.15) is 0 Å². The van der Waals surface area contributed by atoms with Crippen LogP contribution in [0.5, 0.6) is 0 Å². The molecule has 2 aliphatic heterocycles. The third-order valence-corrected chi connectivity index (χ3v) is 7.84. The molecule has 2 aromatic carbocycles. The van der Waals surface area contributed by atoms with Gasteiger partial charge in [0.2, 0.25) is 5.91 Å². The second-order valence-corrected chi connectivity index (χ2v) is 12.4. The Morgan fingerprint density at radius 3 is 2.30 bits per heavy atom. The topological polar surface area (TPSA) is 135 Å². The van der Waals surface area contributed by atoms with Crippen molar-refractivity contribution in [3.05, 3.63) is 65.2 Å². The monoisotopic (exact) mass is 596 g/mol. The van der Waals surface area contributed by atoms with Gasteiger partial charge in [-0.05, 0) is 69.8 Å². The molecule has 4 rings (SSSR count). The molecule has 2 fully saturated rings. The Morgan fingerprint density at radius 1 is 1.00 bits per heavy atom. The quantitative estimate of drug-likeness (QED) is 0.307. The number of hydrogen-bond donors (Lipinski definition) is 3. The van der Waals surface area contributed by atoms with Gasteiger partial charge in [0, 0.05) is 36.6 Å². The van der Waals surface area contributed by atoms with E-state index in [1.54, 1.807) is 12.1 Å². The molecule has 234 valence electrons. The summed E-state index contributed by atoms with van der Waals surface area (Å²) in [6.07, 6.45) is 0.751. The van der Waals surface area contributed by atoms with Crippen molar-refractivity contribution < 1.29 is 38.8 Å². The highest BCUT2D eigenvalue weighted by molar-refractivity contribution is 5.90. The zero-order chi connectivity index (χ0) is 31.1. The van der Waals surface area contributed by atoms with Crippen LogP contribution in [-0.2, 0) is 35.2 Å². The molecule has 2 heterocycles. The van der Waals surface area contributed by atoms with E-state index in [0.29, 0.717) is 12.2 Å². The van der Waals surface area contributed by atoms with E-state index in [1.807, 2.05) is 57.2 Å². The summed E-state index contributed by atoms with van der Waals surface area (Å²) in [4.78, 5) is 38.1. The van der Waals surface area contributed by atoms with Crippen molar-refractivity contribution in [3.8, 4) is 0 Å². The first-order chi connectivity index (χ1) is 20.4. The molecule has 0 saturated carbocycles. The molecule has 2 aliphatic rings. The van der Waals surface area contributed by atoms with Crippen LogP contribution in [0.4, 0.5) is 5.69 Å². The molecule has 43 heavy (non-hydrogen) atoms. The van der Waals surface area contributed by atoms with Gasteiger partial charge < -0.3 is 29.7 Å². The second kappa shape index (κ2) is 14.4. The fraction of sp³-hybridized carbons (Fsp3) is 0.545. The average molecular weight is 597 g/mol. The van der Waals surface area contributed by atoms with E-state index in [1.165, 1.54) is 0 Å². The molecule has 10 nitrogen and oxygen atoms in total. The van der Waals surface area contributed by atoms with E-state index >= 15 is 0 Å². The zero-order valence-corrected chi connectivity index (χ0v) is 25.5. The summed E-state index contributed by atoms with van der Waals surface area (Å²) in [5.74, 6) is -1.42. The number of carbonyl (C=O) groups is 3. The van der Waals surface area contributed by atoms with E-state index in [4.69, 9.17) is 19.3 Å². The molecule has 0 aromatic heterocycles. The second-order valence-electron chi connectivity index (χ2n) is 12.4. The van der Waals surface area contributed by atoms with Crippen molar-refractivity contribution in [1.29, 1.82) is 0 Å². The molecular weight excluding hydrogens is 552 g/mol. The Kier molecular flexibility index (Phi) is 10.9. The maximum absolute atomic E-state index is 13.0. The van der Waals surface area contributed by atoms with E-state index in [-0.39, 0.29) is 61.9 Å². The molecule has 5 atom stereocenters. The largest absolute Gasteiger partial charge is 0.481 e. The lowest BCUT2D eigenvalue weighted by Crippen LogP contribution is -2.48. The fourth-order valence-electron chi connectivity index (χ4n) is 5.59. The summed E-state index contributed by atoms with van der Waals surface area (Å²) in [7, 11) is 0. The van der Waals surface area contributed by atoms with E-state index in [0.717, 1.165) is 36.1 Å². The number of carboxylic acid groups (broad SMARTS) is 1. The van der Waals surface area contributed by atoms with Crippen LogP contribution < -0.4 is 5.32 Å². The number of hydrogen-bond acceptors (Lipinski definition) is 8. The standard InChI is InChI=1S/C33H44N2O8/c1-21-27(19-35-18-6-7-26(35)31(40)43-33(2,3)4)41-32(42-30(21)23-12-10-22(20-36)11-13-23)24-14-16-25(17-15-24)34-28(37)8-5-9-29(38)39/h10-17,21,26-27,30,32,36H,5-9,18-20H2,1-4H3,(H,34,37)(H,38,39)/t21-,26+,27+,30+,32+/m1/s1. The maximum Gasteiger partial charge on any atom is 0.323 e. The number of anilines is 1. The van der Waals surface area contributed by atoms with Gasteiger partial charge in [-0.15, -0.1) is 0 Å². The smallest absolute Gasteiger partial charge is 0.323 e. The Labute approximate surface area is 253 Å². The third-order valence-electron chi connectivity index (χ3n) is 7.84. The molecule has 0 unspecified atom stereocenters. The van der Waals surface area contributed by atoms with Crippen LogP contribution in [0, 0.1) is 5.92 Å². The van der Waals surface area contributed by atoms with Gasteiger partial charge in [0.05, 0.1) is 18.8 Å². The Balaban J connectivity index is 1.51. The van der Waals surface area contributed by atoms with E-state index in [9.17, 15) is 19.5 Å². The summed E-state index contributed by atoms with van der Waals surface area (Å²) in [6.45, 7) is 9.00. The summed E-state index contributed by atoms with van der Waals surface area (Å²) < 4.78 is 18.8. The first kappa shape index (κ1) is 32.6. The fourth-order valence-corrected chi connectivity index (χ4v) is 5.59. The van der Waals surface area contributed by atoms with E-state index in [2.05, 4.69) is 17.1 Å². The zero-order valence-electron chi connectivity index (χ0n) is 25.5. The lowest BCUT2D eigenvalue weighted by atomic mass is 9.90. The minimum Gasteiger partial charge on any atom is -0.481 e. The molecule has 3 N–H and O–H groups in total. The van der Waals surface area contributed by atoms with Crippen molar-refractivity contribution in [2.45, 2.75) is 96.5 Å². The highest BCUT2D eigenvalue weighted by Crippen LogP contribution is 2.42. The summed E-state index contributed by atoms with van der Waals surface area (Å²) in [6, 6.07) is 14.6. The van der Waals surface area contributed by atoms with Crippen LogP contribution in [0.15, 0.2) is 48.5 Å². The van der Waals surface area contributed by atoms with Gasteiger partial charge >= 0.3 is 11.9 Å². The molecule has 0 bridgehead atoms. The van der Waals surface area contributed by atoms with Crippen LogP contribution in [0.3, 0.4) is 0 Å². The summed E-state index contributed by atoms with van der Waals surface area (Å²) >= 11 is 0. The number of esters is 1. The van der Waals surface area contributed by atoms with Crippen molar-refractivity contribution >= 4 is 23.5 Å². The Hall–Kier alpha value is -3.31. The number of ether oxygens (including phenoxy) is 3. The molecule has 2 aromatic rings. The number of benzene rings is 2. The first-order valence-electron chi connectivity index (χ1n) is 15.0. The minimum atomic E-state index is -0.926. The highest BCUT2D eigenvalue weighted by Gasteiger charge is 2.42. The number of amides is 1. The molecule has 10 heteroatoms. The van der Waals surface area contributed by atoms with Crippen LogP contribution in [0.25, 0.3) is 0 Å². The van der Waals surface area contributed by atoms with Crippen LogP contribution in [0.2, 0.25) is 0 Å².